The zero-order valence-corrected chi connectivity index (χ0v) is 21.8. The quantitative estimate of drug-likeness (QED) is 0.273. The molecule has 0 aliphatic heterocycles. The topological polar surface area (TPSA) is 98.2 Å². The first-order valence-corrected chi connectivity index (χ1v) is 12.6. The van der Waals surface area contributed by atoms with Gasteiger partial charge in [-0.05, 0) is 77.0 Å². The normalized spacial score (nSPS) is 11.3. The minimum absolute atomic E-state index is 0.155. The van der Waals surface area contributed by atoms with Crippen LogP contribution in [0.25, 0.3) is 10.9 Å². The molecule has 0 amide bonds. The number of ether oxygens (including phenoxy) is 2. The molecule has 5 aromatic rings. The molecule has 9 nitrogen and oxygen atoms in total. The van der Waals surface area contributed by atoms with E-state index in [9.17, 15) is 9.18 Å². The van der Waals surface area contributed by atoms with Gasteiger partial charge in [0.05, 0.1) is 26.8 Å². The fourth-order valence-corrected chi connectivity index (χ4v) is 4.42. The summed E-state index contributed by atoms with van der Waals surface area (Å²) in [7, 11) is 1.63. The molecule has 0 saturated carbocycles. The third kappa shape index (κ3) is 6.47. The van der Waals surface area contributed by atoms with Gasteiger partial charge in [-0.25, -0.2) is 9.07 Å². The SMILES string of the molecule is CCOc1ccc2[nH]c(=O)c(CN(Cc3ccc(OC)cc3)Cc3nnnn3Cc3ccc(F)cc3)cc2c1. The molecule has 0 saturated heterocycles. The molecule has 2 heterocycles. The highest BCUT2D eigenvalue weighted by Gasteiger charge is 2.16. The molecule has 200 valence electrons. The van der Waals surface area contributed by atoms with Gasteiger partial charge in [0.15, 0.2) is 5.82 Å². The number of H-pyrrole nitrogens is 1. The lowest BCUT2D eigenvalue weighted by atomic mass is 10.1. The van der Waals surface area contributed by atoms with Crippen LogP contribution in [0.1, 0.15) is 29.4 Å². The first kappa shape index (κ1) is 26.1. The molecule has 5 rings (SSSR count). The summed E-state index contributed by atoms with van der Waals surface area (Å²) < 4.78 is 26.0. The molecule has 2 aromatic heterocycles. The number of hydrogen-bond donors (Lipinski definition) is 1. The smallest absolute Gasteiger partial charge is 0.252 e. The zero-order chi connectivity index (χ0) is 27.2. The van der Waals surface area contributed by atoms with Crippen molar-refractivity contribution in [3.8, 4) is 11.5 Å². The Hall–Kier alpha value is -4.57. The Labute approximate surface area is 224 Å². The predicted octanol–water partition coefficient (Wildman–Crippen LogP) is 4.31. The number of halogens is 1. The van der Waals surface area contributed by atoms with Crippen molar-refractivity contribution in [1.82, 2.24) is 30.1 Å². The fourth-order valence-electron chi connectivity index (χ4n) is 4.42. The molecule has 0 spiro atoms. The number of benzene rings is 3. The van der Waals surface area contributed by atoms with Gasteiger partial charge in [0.1, 0.15) is 17.3 Å². The molecular formula is C29H29FN6O3. The maximum absolute atomic E-state index is 13.4. The average Bonchev–Trinajstić information content (AvgIpc) is 3.37. The molecule has 0 bridgehead atoms. The highest BCUT2D eigenvalue weighted by atomic mass is 19.1. The van der Waals surface area contributed by atoms with Crippen LogP contribution in [-0.2, 0) is 26.2 Å². The Morgan fingerprint density at radius 2 is 1.67 bits per heavy atom. The van der Waals surface area contributed by atoms with Gasteiger partial charge in [-0.15, -0.1) is 5.10 Å². The van der Waals surface area contributed by atoms with Crippen LogP contribution < -0.4 is 15.0 Å². The first-order chi connectivity index (χ1) is 19.0. The van der Waals surface area contributed by atoms with Gasteiger partial charge in [0, 0.05) is 29.6 Å². The number of aromatic nitrogens is 5. The fraction of sp³-hybridized carbons (Fsp3) is 0.241. The van der Waals surface area contributed by atoms with Crippen molar-refractivity contribution in [2.45, 2.75) is 33.1 Å². The molecule has 0 radical (unpaired) electrons. The van der Waals surface area contributed by atoms with Crippen molar-refractivity contribution in [3.63, 3.8) is 0 Å². The molecule has 0 unspecified atom stereocenters. The molecule has 0 aliphatic carbocycles. The van der Waals surface area contributed by atoms with E-state index in [4.69, 9.17) is 9.47 Å². The minimum atomic E-state index is -0.296. The van der Waals surface area contributed by atoms with Crippen LogP contribution in [-0.4, -0.2) is 43.8 Å². The molecule has 0 atom stereocenters. The number of fused-ring (bicyclic) bond motifs is 1. The molecular weight excluding hydrogens is 499 g/mol. The van der Waals surface area contributed by atoms with Crippen molar-refractivity contribution >= 4 is 10.9 Å². The van der Waals surface area contributed by atoms with Gasteiger partial charge >= 0.3 is 0 Å². The molecule has 3 aromatic carbocycles. The Balaban J connectivity index is 1.44. The number of tetrazole rings is 1. The largest absolute Gasteiger partial charge is 0.497 e. The van der Waals surface area contributed by atoms with Crippen LogP contribution in [0.4, 0.5) is 4.39 Å². The molecule has 1 N–H and O–H groups in total. The summed E-state index contributed by atoms with van der Waals surface area (Å²) >= 11 is 0. The summed E-state index contributed by atoms with van der Waals surface area (Å²) in [5.74, 6) is 1.85. The van der Waals surface area contributed by atoms with E-state index in [1.165, 1.54) is 12.1 Å². The lowest BCUT2D eigenvalue weighted by Crippen LogP contribution is -2.28. The third-order valence-corrected chi connectivity index (χ3v) is 6.38. The van der Waals surface area contributed by atoms with Crippen molar-refractivity contribution < 1.29 is 13.9 Å². The Morgan fingerprint density at radius 1 is 0.923 bits per heavy atom. The third-order valence-electron chi connectivity index (χ3n) is 6.38. The lowest BCUT2D eigenvalue weighted by Gasteiger charge is -2.22. The van der Waals surface area contributed by atoms with E-state index in [1.54, 1.807) is 23.9 Å². The van der Waals surface area contributed by atoms with Gasteiger partial charge in [-0.3, -0.25) is 9.69 Å². The van der Waals surface area contributed by atoms with Crippen LogP contribution in [0.2, 0.25) is 0 Å². The summed E-state index contributed by atoms with van der Waals surface area (Å²) in [6, 6.07) is 21.6. The van der Waals surface area contributed by atoms with Crippen molar-refractivity contribution in [1.29, 1.82) is 0 Å². The van der Waals surface area contributed by atoms with E-state index >= 15 is 0 Å². The summed E-state index contributed by atoms with van der Waals surface area (Å²) in [4.78, 5) is 18.1. The van der Waals surface area contributed by atoms with E-state index in [1.807, 2.05) is 55.5 Å². The molecule has 0 aliphatic rings. The van der Waals surface area contributed by atoms with E-state index in [2.05, 4.69) is 25.4 Å². The van der Waals surface area contributed by atoms with Gasteiger partial charge in [-0.2, -0.15) is 0 Å². The summed E-state index contributed by atoms with van der Waals surface area (Å²) in [5.41, 5.74) is 3.13. The number of pyridine rings is 1. The second-order valence-corrected chi connectivity index (χ2v) is 9.18. The number of nitrogens with one attached hydrogen (secondary N) is 1. The monoisotopic (exact) mass is 528 g/mol. The molecule has 39 heavy (non-hydrogen) atoms. The van der Waals surface area contributed by atoms with Gasteiger partial charge in [-0.1, -0.05) is 24.3 Å². The lowest BCUT2D eigenvalue weighted by molar-refractivity contribution is 0.236. The zero-order valence-electron chi connectivity index (χ0n) is 21.8. The summed E-state index contributed by atoms with van der Waals surface area (Å²) in [6.45, 7) is 4.18. The van der Waals surface area contributed by atoms with Crippen LogP contribution in [0.3, 0.4) is 0 Å². The van der Waals surface area contributed by atoms with Gasteiger partial charge in [0.2, 0.25) is 0 Å². The van der Waals surface area contributed by atoms with Crippen LogP contribution in [0.15, 0.2) is 77.6 Å². The van der Waals surface area contributed by atoms with Crippen LogP contribution >= 0.6 is 0 Å². The number of methoxy groups -OCH3 is 1. The highest BCUT2D eigenvalue weighted by molar-refractivity contribution is 5.80. The number of rotatable bonds is 11. The van der Waals surface area contributed by atoms with Crippen LogP contribution in [0, 0.1) is 5.82 Å². The van der Waals surface area contributed by atoms with Crippen LogP contribution in [0.5, 0.6) is 11.5 Å². The van der Waals surface area contributed by atoms with Crippen molar-refractivity contribution in [2.24, 2.45) is 0 Å². The maximum atomic E-state index is 13.4. The van der Waals surface area contributed by atoms with Crippen molar-refractivity contribution in [3.05, 3.63) is 111 Å². The van der Waals surface area contributed by atoms with Crippen molar-refractivity contribution in [2.75, 3.05) is 13.7 Å². The van der Waals surface area contributed by atoms with Gasteiger partial charge < -0.3 is 14.5 Å². The predicted molar refractivity (Wildman–Crippen MR) is 145 cm³/mol. The molecule has 0 fully saturated rings. The maximum Gasteiger partial charge on any atom is 0.252 e. The van der Waals surface area contributed by atoms with E-state index < -0.39 is 0 Å². The Morgan fingerprint density at radius 3 is 2.41 bits per heavy atom. The van der Waals surface area contributed by atoms with Gasteiger partial charge in [0.25, 0.3) is 5.56 Å². The Bertz CT molecular complexity index is 1600. The number of hydrogen-bond acceptors (Lipinski definition) is 7. The van der Waals surface area contributed by atoms with E-state index in [0.29, 0.717) is 44.2 Å². The van der Waals surface area contributed by atoms with E-state index in [-0.39, 0.29) is 11.4 Å². The number of nitrogens with zero attached hydrogens (tertiary/aromatic N) is 5. The summed E-state index contributed by atoms with van der Waals surface area (Å²) in [6.07, 6.45) is 0. The standard InChI is InChI=1S/C29H29FN6O3/c1-3-39-26-12-13-27-22(15-26)14-23(29(37)31-27)18-35(16-20-6-10-25(38-2)11-7-20)19-28-32-33-34-36(28)17-21-4-8-24(30)9-5-21/h4-15H,3,16-19H2,1-2H3,(H,31,37). The Kier molecular flexibility index (Phi) is 7.93. The molecule has 10 heteroatoms. The minimum Gasteiger partial charge on any atom is -0.497 e. The summed E-state index contributed by atoms with van der Waals surface area (Å²) in [5, 5.41) is 13.2. The van der Waals surface area contributed by atoms with E-state index in [0.717, 1.165) is 33.5 Å². The second-order valence-electron chi connectivity index (χ2n) is 9.18. The second kappa shape index (κ2) is 11.9. The number of aromatic amines is 1. The highest BCUT2D eigenvalue weighted by Crippen LogP contribution is 2.21. The first-order valence-electron chi connectivity index (χ1n) is 12.6. The average molecular weight is 529 g/mol.